The van der Waals surface area contributed by atoms with Gasteiger partial charge in [-0.1, -0.05) is 50.2 Å². The molecule has 2 heteroatoms. The summed E-state index contributed by atoms with van der Waals surface area (Å²) in [5.41, 5.74) is 3.25. The molecular formula is C16H17FO. The number of hydrogen-bond donors (Lipinski definition) is 1. The summed E-state index contributed by atoms with van der Waals surface area (Å²) in [5.74, 6) is 0.0627. The highest BCUT2D eigenvalue weighted by atomic mass is 19.1. The average molecular weight is 244 g/mol. The zero-order chi connectivity index (χ0) is 13.1. The van der Waals surface area contributed by atoms with Crippen molar-refractivity contribution in [3.05, 3.63) is 59.4 Å². The molecule has 0 aliphatic heterocycles. The lowest BCUT2D eigenvalue weighted by Gasteiger charge is -2.13. The smallest absolute Gasteiger partial charge is 0.131 e. The number of aliphatic hydroxyl groups excluding tert-OH is 1. The second kappa shape index (κ2) is 5.32. The summed E-state index contributed by atoms with van der Waals surface area (Å²) < 4.78 is 14.1. The Morgan fingerprint density at radius 1 is 1.06 bits per heavy atom. The fourth-order valence-corrected chi connectivity index (χ4v) is 2.12. The van der Waals surface area contributed by atoms with Crippen molar-refractivity contribution in [2.24, 2.45) is 0 Å². The minimum Gasteiger partial charge on any atom is -0.392 e. The SMILES string of the molecule is CC(C)c1ccccc1-c1ccc(CO)cc1F. The van der Waals surface area contributed by atoms with Gasteiger partial charge < -0.3 is 5.11 Å². The molecule has 0 fully saturated rings. The third-order valence-electron chi connectivity index (χ3n) is 3.09. The van der Waals surface area contributed by atoms with E-state index >= 15 is 0 Å². The van der Waals surface area contributed by atoms with Gasteiger partial charge in [-0.15, -0.1) is 0 Å². The highest BCUT2D eigenvalue weighted by molar-refractivity contribution is 5.68. The maximum absolute atomic E-state index is 14.1. The van der Waals surface area contributed by atoms with Gasteiger partial charge in [0, 0.05) is 5.56 Å². The van der Waals surface area contributed by atoms with Gasteiger partial charge in [0.05, 0.1) is 6.61 Å². The van der Waals surface area contributed by atoms with Crippen LogP contribution in [0.2, 0.25) is 0 Å². The first kappa shape index (κ1) is 12.8. The van der Waals surface area contributed by atoms with Gasteiger partial charge >= 0.3 is 0 Å². The number of halogens is 1. The van der Waals surface area contributed by atoms with Crippen molar-refractivity contribution in [2.45, 2.75) is 26.4 Å². The van der Waals surface area contributed by atoms with Crippen LogP contribution in [0.25, 0.3) is 11.1 Å². The lowest BCUT2D eigenvalue weighted by atomic mass is 9.92. The average Bonchev–Trinajstić information content (AvgIpc) is 2.38. The third kappa shape index (κ3) is 2.44. The van der Waals surface area contributed by atoms with E-state index in [1.807, 2.05) is 24.3 Å². The molecule has 0 amide bonds. The van der Waals surface area contributed by atoms with Crippen molar-refractivity contribution in [1.29, 1.82) is 0 Å². The molecule has 18 heavy (non-hydrogen) atoms. The van der Waals surface area contributed by atoms with Crippen molar-refractivity contribution < 1.29 is 9.50 Å². The van der Waals surface area contributed by atoms with Gasteiger partial charge in [0.25, 0.3) is 0 Å². The lowest BCUT2D eigenvalue weighted by molar-refractivity contribution is 0.281. The van der Waals surface area contributed by atoms with E-state index in [9.17, 15) is 4.39 Å². The highest BCUT2D eigenvalue weighted by Gasteiger charge is 2.11. The lowest BCUT2D eigenvalue weighted by Crippen LogP contribution is -1.95. The number of hydrogen-bond acceptors (Lipinski definition) is 1. The van der Waals surface area contributed by atoms with Crippen LogP contribution in [0.15, 0.2) is 42.5 Å². The van der Waals surface area contributed by atoms with E-state index in [0.717, 1.165) is 11.1 Å². The van der Waals surface area contributed by atoms with E-state index in [-0.39, 0.29) is 12.4 Å². The molecule has 0 atom stereocenters. The number of aliphatic hydroxyl groups is 1. The Morgan fingerprint density at radius 3 is 2.39 bits per heavy atom. The first-order chi connectivity index (χ1) is 8.63. The van der Waals surface area contributed by atoms with Crippen LogP contribution in [0.3, 0.4) is 0 Å². The summed E-state index contributed by atoms with van der Waals surface area (Å²) in [7, 11) is 0. The fraction of sp³-hybridized carbons (Fsp3) is 0.250. The van der Waals surface area contributed by atoms with E-state index in [1.165, 1.54) is 6.07 Å². The van der Waals surface area contributed by atoms with Crippen LogP contribution < -0.4 is 0 Å². The summed E-state index contributed by atoms with van der Waals surface area (Å²) in [6, 6.07) is 12.7. The normalized spacial score (nSPS) is 10.9. The number of rotatable bonds is 3. The van der Waals surface area contributed by atoms with Gasteiger partial charge in [0.1, 0.15) is 5.82 Å². The molecule has 1 nitrogen and oxygen atoms in total. The molecule has 0 saturated carbocycles. The van der Waals surface area contributed by atoms with Crippen LogP contribution in [0.4, 0.5) is 4.39 Å². The van der Waals surface area contributed by atoms with Crippen molar-refractivity contribution >= 4 is 0 Å². The molecule has 0 radical (unpaired) electrons. The van der Waals surface area contributed by atoms with Crippen LogP contribution in [-0.2, 0) is 6.61 Å². The van der Waals surface area contributed by atoms with Crippen molar-refractivity contribution in [2.75, 3.05) is 0 Å². The topological polar surface area (TPSA) is 20.2 Å². The predicted octanol–water partition coefficient (Wildman–Crippen LogP) is 4.11. The molecule has 2 rings (SSSR count). The molecule has 0 heterocycles. The summed E-state index contributed by atoms with van der Waals surface area (Å²) in [6.45, 7) is 4.06. The van der Waals surface area contributed by atoms with E-state index in [1.54, 1.807) is 12.1 Å². The molecule has 0 bridgehead atoms. The van der Waals surface area contributed by atoms with Gasteiger partial charge in [-0.25, -0.2) is 4.39 Å². The molecule has 0 aromatic heterocycles. The summed E-state index contributed by atoms with van der Waals surface area (Å²) >= 11 is 0. The second-order valence-electron chi connectivity index (χ2n) is 4.71. The molecule has 0 spiro atoms. The Kier molecular flexibility index (Phi) is 3.78. The Bertz CT molecular complexity index is 547. The molecule has 0 saturated heterocycles. The van der Waals surface area contributed by atoms with Crippen LogP contribution in [0.1, 0.15) is 30.9 Å². The van der Waals surface area contributed by atoms with Crippen molar-refractivity contribution in [3.8, 4) is 11.1 Å². The van der Waals surface area contributed by atoms with E-state index < -0.39 is 0 Å². The largest absolute Gasteiger partial charge is 0.392 e. The third-order valence-corrected chi connectivity index (χ3v) is 3.09. The van der Waals surface area contributed by atoms with Crippen LogP contribution in [0.5, 0.6) is 0 Å². The van der Waals surface area contributed by atoms with Gasteiger partial charge in [-0.05, 0) is 28.7 Å². The first-order valence-corrected chi connectivity index (χ1v) is 6.12. The molecule has 2 aromatic rings. The monoisotopic (exact) mass is 244 g/mol. The number of benzene rings is 2. The second-order valence-corrected chi connectivity index (χ2v) is 4.71. The molecule has 1 N–H and O–H groups in total. The quantitative estimate of drug-likeness (QED) is 0.861. The minimum absolute atomic E-state index is 0.136. The highest BCUT2D eigenvalue weighted by Crippen LogP contribution is 2.31. The minimum atomic E-state index is -0.283. The zero-order valence-corrected chi connectivity index (χ0v) is 10.7. The molecule has 2 aromatic carbocycles. The van der Waals surface area contributed by atoms with Crippen molar-refractivity contribution in [3.63, 3.8) is 0 Å². The summed E-state index contributed by atoms with van der Waals surface area (Å²) in [5, 5.41) is 9.00. The van der Waals surface area contributed by atoms with Crippen molar-refractivity contribution in [1.82, 2.24) is 0 Å². The Labute approximate surface area is 107 Å². The van der Waals surface area contributed by atoms with Crippen LogP contribution in [0, 0.1) is 5.82 Å². The standard InChI is InChI=1S/C16H17FO/c1-11(2)13-5-3-4-6-14(13)15-8-7-12(10-18)9-16(15)17/h3-9,11,18H,10H2,1-2H3. The molecule has 94 valence electrons. The van der Waals surface area contributed by atoms with Gasteiger partial charge in [-0.3, -0.25) is 0 Å². The first-order valence-electron chi connectivity index (χ1n) is 6.12. The van der Waals surface area contributed by atoms with E-state index in [2.05, 4.69) is 13.8 Å². The van der Waals surface area contributed by atoms with Crippen LogP contribution >= 0.6 is 0 Å². The van der Waals surface area contributed by atoms with Gasteiger partial charge in [-0.2, -0.15) is 0 Å². The van der Waals surface area contributed by atoms with Gasteiger partial charge in [0.2, 0.25) is 0 Å². The Hall–Kier alpha value is -1.67. The van der Waals surface area contributed by atoms with E-state index in [4.69, 9.17) is 5.11 Å². The molecular weight excluding hydrogens is 227 g/mol. The zero-order valence-electron chi connectivity index (χ0n) is 10.7. The maximum Gasteiger partial charge on any atom is 0.131 e. The summed E-state index contributed by atoms with van der Waals surface area (Å²) in [4.78, 5) is 0. The van der Waals surface area contributed by atoms with Crippen LogP contribution in [-0.4, -0.2) is 5.11 Å². The molecule has 0 aliphatic carbocycles. The van der Waals surface area contributed by atoms with E-state index in [0.29, 0.717) is 17.0 Å². The molecule has 0 aliphatic rings. The Balaban J connectivity index is 2.55. The predicted molar refractivity (Wildman–Crippen MR) is 71.8 cm³/mol. The fourth-order valence-electron chi connectivity index (χ4n) is 2.12. The maximum atomic E-state index is 14.1. The van der Waals surface area contributed by atoms with Gasteiger partial charge in [0.15, 0.2) is 0 Å². The summed E-state index contributed by atoms with van der Waals surface area (Å²) in [6.07, 6.45) is 0. The Morgan fingerprint density at radius 2 is 1.78 bits per heavy atom. The molecule has 0 unspecified atom stereocenters.